The number of imide groups is 1. The molecule has 0 spiro atoms. The number of carbonyl (C=O) groups excluding carboxylic acids is 3. The summed E-state index contributed by atoms with van der Waals surface area (Å²) in [5.41, 5.74) is 0. The average Bonchev–Trinajstić information content (AvgIpc) is 2.84. The Labute approximate surface area is 138 Å². The maximum atomic E-state index is 12.2. The first-order valence-corrected chi connectivity index (χ1v) is 8.78. The molecule has 3 amide bonds. The molecular weight excluding hydrogens is 292 g/mol. The minimum Gasteiger partial charge on any atom is -0.341 e. The van der Waals surface area contributed by atoms with Crippen LogP contribution in [0.1, 0.15) is 52.4 Å². The molecule has 2 heterocycles. The number of hydrogen-bond donors (Lipinski definition) is 0. The Bertz CT molecular complexity index is 459. The van der Waals surface area contributed by atoms with E-state index in [-0.39, 0.29) is 24.3 Å². The third-order valence-electron chi connectivity index (χ3n) is 4.81. The van der Waals surface area contributed by atoms with Crippen molar-refractivity contribution >= 4 is 17.7 Å². The molecule has 128 valence electrons. The molecule has 0 N–H and O–H groups in total. The molecule has 0 aromatic rings. The Kier molecular flexibility index (Phi) is 6.37. The molecular formula is C18H28N2O3. The van der Waals surface area contributed by atoms with E-state index in [1.54, 1.807) is 4.90 Å². The average molecular weight is 320 g/mol. The molecule has 0 saturated carbocycles. The van der Waals surface area contributed by atoms with Crippen LogP contribution in [0.5, 0.6) is 0 Å². The van der Waals surface area contributed by atoms with Gasteiger partial charge in [0, 0.05) is 25.2 Å². The number of carbonyl (C=O) groups is 3. The van der Waals surface area contributed by atoms with Gasteiger partial charge >= 0.3 is 0 Å². The van der Waals surface area contributed by atoms with Crippen LogP contribution in [0.4, 0.5) is 0 Å². The Morgan fingerprint density at radius 2 is 1.74 bits per heavy atom. The molecule has 0 aromatic heterocycles. The van der Waals surface area contributed by atoms with Crippen molar-refractivity contribution in [3.05, 3.63) is 12.2 Å². The molecule has 0 aliphatic carbocycles. The minimum atomic E-state index is -0.386. The highest BCUT2D eigenvalue weighted by Crippen LogP contribution is 2.23. The summed E-state index contributed by atoms with van der Waals surface area (Å²) < 4.78 is 0. The zero-order chi connectivity index (χ0) is 16.8. The van der Waals surface area contributed by atoms with Gasteiger partial charge in [0.25, 0.3) is 11.8 Å². The molecule has 1 fully saturated rings. The summed E-state index contributed by atoms with van der Waals surface area (Å²) in [6.45, 7) is 5.89. The van der Waals surface area contributed by atoms with E-state index in [0.717, 1.165) is 36.7 Å². The molecule has 0 atom stereocenters. The van der Waals surface area contributed by atoms with Crippen LogP contribution in [0, 0.1) is 11.8 Å². The topological polar surface area (TPSA) is 57.7 Å². The van der Waals surface area contributed by atoms with Crippen LogP contribution in [-0.4, -0.2) is 47.2 Å². The van der Waals surface area contributed by atoms with Crippen molar-refractivity contribution in [2.24, 2.45) is 11.8 Å². The van der Waals surface area contributed by atoms with Gasteiger partial charge < -0.3 is 4.90 Å². The molecule has 2 rings (SSSR count). The molecule has 0 unspecified atom stereocenters. The van der Waals surface area contributed by atoms with Gasteiger partial charge in [-0.05, 0) is 24.7 Å². The molecule has 1 saturated heterocycles. The summed E-state index contributed by atoms with van der Waals surface area (Å²) in [7, 11) is 0. The van der Waals surface area contributed by atoms with Crippen LogP contribution in [0.3, 0.4) is 0 Å². The van der Waals surface area contributed by atoms with Crippen molar-refractivity contribution in [2.75, 3.05) is 19.6 Å². The predicted molar refractivity (Wildman–Crippen MR) is 88.5 cm³/mol. The molecule has 0 aromatic carbocycles. The van der Waals surface area contributed by atoms with Crippen LogP contribution < -0.4 is 0 Å². The largest absolute Gasteiger partial charge is 0.341 e. The smallest absolute Gasteiger partial charge is 0.254 e. The normalized spacial score (nSPS) is 19.3. The second-order valence-electron chi connectivity index (χ2n) is 7.10. The summed E-state index contributed by atoms with van der Waals surface area (Å²) >= 11 is 0. The molecule has 5 nitrogen and oxygen atoms in total. The van der Waals surface area contributed by atoms with Crippen LogP contribution in [0.15, 0.2) is 12.2 Å². The van der Waals surface area contributed by atoms with Gasteiger partial charge in [0.2, 0.25) is 5.91 Å². The van der Waals surface area contributed by atoms with E-state index in [1.165, 1.54) is 37.8 Å². The van der Waals surface area contributed by atoms with E-state index >= 15 is 0 Å². The van der Waals surface area contributed by atoms with Gasteiger partial charge in [-0.1, -0.05) is 39.5 Å². The lowest BCUT2D eigenvalue weighted by molar-refractivity contribution is -0.145. The zero-order valence-corrected chi connectivity index (χ0v) is 14.3. The zero-order valence-electron chi connectivity index (χ0n) is 14.3. The third kappa shape index (κ3) is 5.19. The predicted octanol–water partition coefficient (Wildman–Crippen LogP) is 2.37. The van der Waals surface area contributed by atoms with Gasteiger partial charge in [-0.2, -0.15) is 0 Å². The van der Waals surface area contributed by atoms with Crippen molar-refractivity contribution in [1.29, 1.82) is 0 Å². The number of piperidine rings is 1. The van der Waals surface area contributed by atoms with Crippen LogP contribution >= 0.6 is 0 Å². The highest BCUT2D eigenvalue weighted by molar-refractivity contribution is 6.14. The van der Waals surface area contributed by atoms with Crippen molar-refractivity contribution in [1.82, 2.24) is 9.80 Å². The summed E-state index contributed by atoms with van der Waals surface area (Å²) in [4.78, 5) is 38.0. The fourth-order valence-corrected chi connectivity index (χ4v) is 3.28. The highest BCUT2D eigenvalue weighted by Gasteiger charge is 2.29. The van der Waals surface area contributed by atoms with Gasteiger partial charge in [0.15, 0.2) is 0 Å². The number of amides is 3. The minimum absolute atomic E-state index is 0.117. The molecule has 23 heavy (non-hydrogen) atoms. The number of rotatable bonds is 7. The fraction of sp³-hybridized carbons (Fsp3) is 0.722. The van der Waals surface area contributed by atoms with E-state index in [4.69, 9.17) is 0 Å². The molecule has 2 aliphatic heterocycles. The van der Waals surface area contributed by atoms with Crippen molar-refractivity contribution in [2.45, 2.75) is 52.4 Å². The van der Waals surface area contributed by atoms with Gasteiger partial charge in [0.1, 0.15) is 6.54 Å². The van der Waals surface area contributed by atoms with Crippen molar-refractivity contribution < 1.29 is 14.4 Å². The van der Waals surface area contributed by atoms with E-state index in [1.807, 2.05) is 0 Å². The van der Waals surface area contributed by atoms with Gasteiger partial charge in [-0.25, -0.2) is 0 Å². The second-order valence-corrected chi connectivity index (χ2v) is 7.10. The Hall–Kier alpha value is -1.65. The molecule has 2 aliphatic rings. The van der Waals surface area contributed by atoms with Crippen LogP contribution in [0.25, 0.3) is 0 Å². The first-order valence-electron chi connectivity index (χ1n) is 8.78. The quantitative estimate of drug-likeness (QED) is 0.534. The number of hydrogen-bond acceptors (Lipinski definition) is 3. The third-order valence-corrected chi connectivity index (χ3v) is 4.81. The standard InChI is InChI=1S/C18H28N2O3/c1-14(2)5-3-4-6-15-9-11-19(12-10-15)18(23)13-20-16(21)7-8-17(20)22/h7-8,14-15H,3-6,9-13H2,1-2H3. The summed E-state index contributed by atoms with van der Waals surface area (Å²) in [5.74, 6) is 0.600. The molecule has 0 radical (unpaired) electrons. The molecule has 5 heteroatoms. The van der Waals surface area contributed by atoms with Crippen LogP contribution in [-0.2, 0) is 14.4 Å². The number of unbranched alkanes of at least 4 members (excludes halogenated alkanes) is 1. The summed E-state index contributed by atoms with van der Waals surface area (Å²) in [6.07, 6.45) is 9.63. The Morgan fingerprint density at radius 3 is 2.30 bits per heavy atom. The second kappa shape index (κ2) is 8.27. The Balaban J connectivity index is 1.67. The fourth-order valence-electron chi connectivity index (χ4n) is 3.28. The maximum Gasteiger partial charge on any atom is 0.254 e. The van der Waals surface area contributed by atoms with E-state index < -0.39 is 0 Å². The number of likely N-dealkylation sites (tertiary alicyclic amines) is 1. The van der Waals surface area contributed by atoms with Crippen molar-refractivity contribution in [3.63, 3.8) is 0 Å². The van der Waals surface area contributed by atoms with Crippen LogP contribution in [0.2, 0.25) is 0 Å². The first kappa shape index (κ1) is 17.7. The van der Waals surface area contributed by atoms with E-state index in [2.05, 4.69) is 13.8 Å². The SMILES string of the molecule is CC(C)CCCCC1CCN(C(=O)CN2C(=O)C=CC2=O)CC1. The van der Waals surface area contributed by atoms with Gasteiger partial charge in [-0.15, -0.1) is 0 Å². The summed E-state index contributed by atoms with van der Waals surface area (Å²) in [6, 6.07) is 0. The lowest BCUT2D eigenvalue weighted by Gasteiger charge is -2.33. The maximum absolute atomic E-state index is 12.2. The number of nitrogens with zero attached hydrogens (tertiary/aromatic N) is 2. The lowest BCUT2D eigenvalue weighted by atomic mass is 9.90. The molecule has 0 bridgehead atoms. The first-order chi connectivity index (χ1) is 11.0. The summed E-state index contributed by atoms with van der Waals surface area (Å²) in [5, 5.41) is 0. The van der Waals surface area contributed by atoms with Gasteiger partial charge in [0.05, 0.1) is 0 Å². The highest BCUT2D eigenvalue weighted by atomic mass is 16.2. The van der Waals surface area contributed by atoms with E-state index in [9.17, 15) is 14.4 Å². The van der Waals surface area contributed by atoms with Crippen molar-refractivity contribution in [3.8, 4) is 0 Å². The lowest BCUT2D eigenvalue weighted by Crippen LogP contribution is -2.45. The van der Waals surface area contributed by atoms with Gasteiger partial charge in [-0.3, -0.25) is 19.3 Å². The monoisotopic (exact) mass is 320 g/mol. The Morgan fingerprint density at radius 1 is 1.13 bits per heavy atom. The van der Waals surface area contributed by atoms with E-state index in [0.29, 0.717) is 5.92 Å².